The number of carboxylic acids is 1. The van der Waals surface area contributed by atoms with Gasteiger partial charge in [0.25, 0.3) is 5.91 Å². The number of nitrogens with one attached hydrogen (secondary N) is 1. The van der Waals surface area contributed by atoms with Crippen molar-refractivity contribution in [2.75, 3.05) is 11.9 Å². The topological polar surface area (TPSA) is 118 Å². The van der Waals surface area contributed by atoms with Crippen LogP contribution in [0.15, 0.2) is 12.4 Å². The predicted octanol–water partition coefficient (Wildman–Crippen LogP) is 0.734. The Labute approximate surface area is 111 Å². The number of carbonyl (C=O) groups excluding carboxylic acids is 1. The normalized spacial score (nSPS) is 12.2. The van der Waals surface area contributed by atoms with Crippen LogP contribution in [-0.2, 0) is 4.79 Å². The van der Waals surface area contributed by atoms with Gasteiger partial charge in [-0.25, -0.2) is 9.97 Å². The number of anilines is 1. The fraction of sp³-hybridized carbons (Fsp3) is 0.500. The molecule has 0 aliphatic carbocycles. The van der Waals surface area contributed by atoms with E-state index in [2.05, 4.69) is 15.3 Å². The smallest absolute Gasteiger partial charge is 0.308 e. The summed E-state index contributed by atoms with van der Waals surface area (Å²) in [5.74, 6) is -1.66. The quantitative estimate of drug-likeness (QED) is 0.669. The fourth-order valence-electron chi connectivity index (χ4n) is 1.71. The number of carboxylic acid groups (broad SMARTS) is 1. The van der Waals surface area contributed by atoms with Gasteiger partial charge in [-0.15, -0.1) is 0 Å². The van der Waals surface area contributed by atoms with Gasteiger partial charge in [0.1, 0.15) is 0 Å². The average Bonchev–Trinajstić information content (AvgIpc) is 2.34. The van der Waals surface area contributed by atoms with Crippen molar-refractivity contribution in [2.45, 2.75) is 20.3 Å². The zero-order valence-electron chi connectivity index (χ0n) is 11.0. The molecule has 0 radical (unpaired) electrons. The molecular weight excluding hydrogens is 248 g/mol. The van der Waals surface area contributed by atoms with E-state index < -0.39 is 17.8 Å². The number of nitrogens with zero attached hydrogens (tertiary/aromatic N) is 2. The number of nitrogens with two attached hydrogens (primary N) is 1. The second-order valence-corrected chi connectivity index (χ2v) is 4.66. The number of aromatic nitrogens is 2. The number of carbonyl (C=O) groups is 2. The summed E-state index contributed by atoms with van der Waals surface area (Å²) < 4.78 is 0. The molecule has 0 fully saturated rings. The van der Waals surface area contributed by atoms with Crippen LogP contribution in [0.2, 0.25) is 0 Å². The van der Waals surface area contributed by atoms with E-state index in [1.807, 2.05) is 13.8 Å². The summed E-state index contributed by atoms with van der Waals surface area (Å²) in [6, 6.07) is 0. The summed E-state index contributed by atoms with van der Waals surface area (Å²) in [5.41, 5.74) is 5.17. The molecule has 0 aromatic carbocycles. The van der Waals surface area contributed by atoms with Crippen molar-refractivity contribution in [1.82, 2.24) is 9.97 Å². The van der Waals surface area contributed by atoms with Gasteiger partial charge in [0.05, 0.1) is 5.92 Å². The highest BCUT2D eigenvalue weighted by molar-refractivity contribution is 5.95. The second-order valence-electron chi connectivity index (χ2n) is 4.66. The van der Waals surface area contributed by atoms with Gasteiger partial charge in [0, 0.05) is 18.9 Å². The first-order valence-electron chi connectivity index (χ1n) is 5.99. The van der Waals surface area contributed by atoms with Gasteiger partial charge in [-0.2, -0.15) is 0 Å². The molecule has 7 nitrogen and oxygen atoms in total. The Morgan fingerprint density at radius 2 is 2.00 bits per heavy atom. The number of primary amides is 1. The second kappa shape index (κ2) is 6.67. The zero-order chi connectivity index (χ0) is 14.4. The maximum absolute atomic E-state index is 11.1. The van der Waals surface area contributed by atoms with E-state index >= 15 is 0 Å². The van der Waals surface area contributed by atoms with Gasteiger partial charge in [-0.3, -0.25) is 9.59 Å². The van der Waals surface area contributed by atoms with Crippen molar-refractivity contribution in [3.05, 3.63) is 18.1 Å². The number of rotatable bonds is 7. The van der Waals surface area contributed by atoms with E-state index in [1.165, 1.54) is 12.4 Å². The molecule has 0 aliphatic heterocycles. The molecule has 1 aromatic rings. The van der Waals surface area contributed by atoms with Crippen LogP contribution in [0.25, 0.3) is 0 Å². The molecule has 104 valence electrons. The summed E-state index contributed by atoms with van der Waals surface area (Å²) in [5, 5.41) is 11.9. The van der Waals surface area contributed by atoms with Gasteiger partial charge in [-0.1, -0.05) is 13.8 Å². The minimum atomic E-state index is -0.884. The maximum Gasteiger partial charge on any atom is 0.308 e. The molecule has 7 heteroatoms. The molecule has 1 aromatic heterocycles. The first-order valence-corrected chi connectivity index (χ1v) is 5.99. The van der Waals surface area contributed by atoms with Crippen molar-refractivity contribution >= 4 is 17.7 Å². The van der Waals surface area contributed by atoms with E-state index in [0.717, 1.165) is 0 Å². The predicted molar refractivity (Wildman–Crippen MR) is 69.6 cm³/mol. The van der Waals surface area contributed by atoms with Crippen LogP contribution in [0.4, 0.5) is 5.82 Å². The van der Waals surface area contributed by atoms with Crippen molar-refractivity contribution < 1.29 is 14.7 Å². The first kappa shape index (κ1) is 14.9. The lowest BCUT2D eigenvalue weighted by Crippen LogP contribution is -2.26. The van der Waals surface area contributed by atoms with Crippen molar-refractivity contribution in [1.29, 1.82) is 0 Å². The molecule has 1 heterocycles. The third kappa shape index (κ3) is 4.53. The Morgan fingerprint density at radius 3 is 2.53 bits per heavy atom. The fourth-order valence-corrected chi connectivity index (χ4v) is 1.71. The largest absolute Gasteiger partial charge is 0.481 e. The third-order valence-corrected chi connectivity index (χ3v) is 2.55. The summed E-state index contributed by atoms with van der Waals surface area (Å²) in [4.78, 5) is 30.0. The lowest BCUT2D eigenvalue weighted by atomic mass is 9.97. The Bertz CT molecular complexity index is 462. The Balaban J connectivity index is 2.74. The highest BCUT2D eigenvalue weighted by Gasteiger charge is 2.20. The summed E-state index contributed by atoms with van der Waals surface area (Å²) in [6.45, 7) is 4.08. The van der Waals surface area contributed by atoms with E-state index in [0.29, 0.717) is 6.42 Å². The molecule has 0 aliphatic rings. The van der Waals surface area contributed by atoms with Crippen molar-refractivity contribution in [3.63, 3.8) is 0 Å². The number of hydrogen-bond donors (Lipinski definition) is 3. The van der Waals surface area contributed by atoms with Gasteiger partial charge in [0.15, 0.2) is 11.5 Å². The standard InChI is InChI=1S/C12H18N4O3/c1-7(2)5-8(12(18)19)6-16-11-9(10(13)17)14-3-4-15-11/h3-4,7-8H,5-6H2,1-2H3,(H2,13,17)(H,15,16)(H,18,19). The maximum atomic E-state index is 11.1. The Kier molecular flexibility index (Phi) is 5.23. The van der Waals surface area contributed by atoms with Crippen molar-refractivity contribution in [3.8, 4) is 0 Å². The molecule has 0 saturated carbocycles. The molecule has 19 heavy (non-hydrogen) atoms. The molecule has 1 amide bonds. The molecule has 0 saturated heterocycles. The molecule has 0 spiro atoms. The highest BCUT2D eigenvalue weighted by atomic mass is 16.4. The van der Waals surface area contributed by atoms with Crippen LogP contribution in [0.5, 0.6) is 0 Å². The lowest BCUT2D eigenvalue weighted by molar-refractivity contribution is -0.141. The SMILES string of the molecule is CC(C)CC(CNc1nccnc1C(N)=O)C(=O)O. The highest BCUT2D eigenvalue weighted by Crippen LogP contribution is 2.14. The van der Waals surface area contributed by atoms with Gasteiger partial charge < -0.3 is 16.2 Å². The van der Waals surface area contributed by atoms with E-state index in [1.54, 1.807) is 0 Å². The van der Waals surface area contributed by atoms with Crippen molar-refractivity contribution in [2.24, 2.45) is 17.6 Å². The number of hydrogen-bond acceptors (Lipinski definition) is 5. The molecule has 1 rings (SSSR count). The summed E-state index contributed by atoms with van der Waals surface area (Å²) >= 11 is 0. The van der Waals surface area contributed by atoms with Crippen LogP contribution in [0.1, 0.15) is 30.8 Å². The van der Waals surface area contributed by atoms with E-state index in [-0.39, 0.29) is 24.0 Å². The molecule has 0 bridgehead atoms. The zero-order valence-corrected chi connectivity index (χ0v) is 11.0. The Morgan fingerprint density at radius 1 is 1.37 bits per heavy atom. The van der Waals surface area contributed by atoms with Crippen LogP contribution >= 0.6 is 0 Å². The van der Waals surface area contributed by atoms with E-state index in [4.69, 9.17) is 10.8 Å². The first-order chi connectivity index (χ1) is 8.91. The monoisotopic (exact) mass is 266 g/mol. The van der Waals surface area contributed by atoms with E-state index in [9.17, 15) is 9.59 Å². The summed E-state index contributed by atoms with van der Waals surface area (Å²) in [7, 11) is 0. The Hall–Kier alpha value is -2.18. The van der Waals surface area contributed by atoms with Crippen LogP contribution in [0, 0.1) is 11.8 Å². The number of amides is 1. The lowest BCUT2D eigenvalue weighted by Gasteiger charge is -2.16. The van der Waals surface area contributed by atoms with Gasteiger partial charge in [-0.05, 0) is 12.3 Å². The van der Waals surface area contributed by atoms with Crippen LogP contribution < -0.4 is 11.1 Å². The van der Waals surface area contributed by atoms with Gasteiger partial charge in [0.2, 0.25) is 0 Å². The minimum absolute atomic E-state index is 0.0104. The molecule has 1 atom stereocenters. The number of aliphatic carboxylic acids is 1. The average molecular weight is 266 g/mol. The van der Waals surface area contributed by atoms with Gasteiger partial charge >= 0.3 is 5.97 Å². The minimum Gasteiger partial charge on any atom is -0.481 e. The molecular formula is C12H18N4O3. The third-order valence-electron chi connectivity index (χ3n) is 2.55. The van der Waals surface area contributed by atoms with Crippen LogP contribution in [0.3, 0.4) is 0 Å². The summed E-state index contributed by atoms with van der Waals surface area (Å²) in [6.07, 6.45) is 3.30. The molecule has 1 unspecified atom stereocenters. The molecule has 4 N–H and O–H groups in total. The van der Waals surface area contributed by atoms with Crippen LogP contribution in [-0.4, -0.2) is 33.5 Å².